The van der Waals surface area contributed by atoms with Crippen molar-refractivity contribution in [1.29, 1.82) is 0 Å². The smallest absolute Gasteiger partial charge is 0.326 e. The summed E-state index contributed by atoms with van der Waals surface area (Å²) in [5.74, 6) is -1.61. The van der Waals surface area contributed by atoms with E-state index in [0.29, 0.717) is 12.8 Å². The van der Waals surface area contributed by atoms with Gasteiger partial charge in [0.2, 0.25) is 11.8 Å². The number of amides is 2. The average molecular weight is 265 g/mol. The van der Waals surface area contributed by atoms with E-state index in [1.807, 2.05) is 12.2 Å². The first kappa shape index (κ1) is 13.8. The van der Waals surface area contributed by atoms with Crippen LogP contribution in [0.2, 0.25) is 0 Å². The Morgan fingerprint density at radius 2 is 1.68 bits per heavy atom. The number of fused-ring (bicyclic) bond motifs is 1. The second-order valence-corrected chi connectivity index (χ2v) is 6.00. The minimum Gasteiger partial charge on any atom is -0.459 e. The summed E-state index contributed by atoms with van der Waals surface area (Å²) in [5, 5.41) is 0. The third-order valence-electron chi connectivity index (χ3n) is 3.31. The van der Waals surface area contributed by atoms with Gasteiger partial charge < -0.3 is 4.74 Å². The van der Waals surface area contributed by atoms with Gasteiger partial charge in [0.15, 0.2) is 0 Å². The van der Waals surface area contributed by atoms with Crippen molar-refractivity contribution in [2.45, 2.75) is 39.2 Å². The number of rotatable bonds is 2. The monoisotopic (exact) mass is 265 g/mol. The lowest BCUT2D eigenvalue weighted by atomic mass is 9.85. The Hall–Kier alpha value is -1.65. The molecule has 0 bridgehead atoms. The molecule has 5 heteroatoms. The molecule has 1 fully saturated rings. The lowest BCUT2D eigenvalue weighted by molar-refractivity contribution is -0.161. The van der Waals surface area contributed by atoms with Gasteiger partial charge in [0.05, 0.1) is 11.8 Å². The minimum absolute atomic E-state index is 0.245. The number of nitrogens with zero attached hydrogens (tertiary/aromatic N) is 1. The molecule has 1 aliphatic carbocycles. The van der Waals surface area contributed by atoms with Crippen LogP contribution in [-0.4, -0.2) is 34.8 Å². The fraction of sp³-hybridized carbons (Fsp3) is 0.643. The van der Waals surface area contributed by atoms with Crippen molar-refractivity contribution in [3.05, 3.63) is 12.2 Å². The topological polar surface area (TPSA) is 63.7 Å². The van der Waals surface area contributed by atoms with Crippen LogP contribution in [0.1, 0.15) is 33.6 Å². The summed E-state index contributed by atoms with van der Waals surface area (Å²) in [6.45, 7) is 4.98. The fourth-order valence-electron chi connectivity index (χ4n) is 2.53. The Labute approximate surface area is 112 Å². The number of ether oxygens (including phenoxy) is 1. The van der Waals surface area contributed by atoms with Gasteiger partial charge in [-0.05, 0) is 33.6 Å². The van der Waals surface area contributed by atoms with Gasteiger partial charge in [-0.25, -0.2) is 0 Å². The molecule has 2 amide bonds. The maximum Gasteiger partial charge on any atom is 0.326 e. The molecule has 2 rings (SSSR count). The zero-order chi connectivity index (χ0) is 14.2. The number of hydrogen-bond donors (Lipinski definition) is 0. The van der Waals surface area contributed by atoms with Gasteiger partial charge in [-0.15, -0.1) is 0 Å². The van der Waals surface area contributed by atoms with Crippen LogP contribution in [0.4, 0.5) is 0 Å². The van der Waals surface area contributed by atoms with Crippen molar-refractivity contribution in [2.75, 3.05) is 6.54 Å². The largest absolute Gasteiger partial charge is 0.459 e. The molecule has 1 heterocycles. The van der Waals surface area contributed by atoms with Gasteiger partial charge in [-0.2, -0.15) is 0 Å². The van der Waals surface area contributed by atoms with E-state index in [2.05, 4.69) is 0 Å². The number of esters is 1. The highest BCUT2D eigenvalue weighted by Crippen LogP contribution is 2.34. The second-order valence-electron chi connectivity index (χ2n) is 6.00. The molecule has 5 nitrogen and oxygen atoms in total. The molecule has 1 saturated heterocycles. The predicted molar refractivity (Wildman–Crippen MR) is 67.9 cm³/mol. The summed E-state index contributed by atoms with van der Waals surface area (Å²) >= 11 is 0. The summed E-state index contributed by atoms with van der Waals surface area (Å²) in [6.07, 6.45) is 5.01. The molecule has 0 aromatic carbocycles. The molecule has 2 aliphatic rings. The summed E-state index contributed by atoms with van der Waals surface area (Å²) in [4.78, 5) is 37.0. The first-order valence-electron chi connectivity index (χ1n) is 6.51. The van der Waals surface area contributed by atoms with Crippen molar-refractivity contribution < 1.29 is 19.1 Å². The standard InChI is InChI=1S/C14H19NO4/c1-14(2,3)19-11(16)8-15-12(17)9-6-4-5-7-10(9)13(15)18/h4-5,9-10H,6-8H2,1-3H3. The van der Waals surface area contributed by atoms with Gasteiger partial charge >= 0.3 is 5.97 Å². The van der Waals surface area contributed by atoms with E-state index in [1.165, 1.54) is 0 Å². The SMILES string of the molecule is CC(C)(C)OC(=O)CN1C(=O)C2CC=CCC2C1=O. The van der Waals surface area contributed by atoms with Crippen molar-refractivity contribution in [3.63, 3.8) is 0 Å². The van der Waals surface area contributed by atoms with Crippen molar-refractivity contribution >= 4 is 17.8 Å². The van der Waals surface area contributed by atoms with Crippen LogP contribution in [0.3, 0.4) is 0 Å². The van der Waals surface area contributed by atoms with Gasteiger partial charge in [-0.3, -0.25) is 19.3 Å². The lowest BCUT2D eigenvalue weighted by Gasteiger charge is -2.21. The molecule has 2 unspecified atom stereocenters. The van der Waals surface area contributed by atoms with Crippen LogP contribution < -0.4 is 0 Å². The second kappa shape index (κ2) is 4.79. The van der Waals surface area contributed by atoms with E-state index in [-0.39, 0.29) is 30.2 Å². The number of carbonyl (C=O) groups excluding carboxylic acids is 3. The first-order chi connectivity index (χ1) is 8.79. The number of allylic oxidation sites excluding steroid dienone is 2. The van der Waals surface area contributed by atoms with Gasteiger partial charge in [-0.1, -0.05) is 12.2 Å². The van der Waals surface area contributed by atoms with E-state index in [9.17, 15) is 14.4 Å². The molecule has 0 spiro atoms. The van der Waals surface area contributed by atoms with E-state index < -0.39 is 11.6 Å². The summed E-state index contributed by atoms with van der Waals surface area (Å²) in [5.41, 5.74) is -0.614. The molecule has 1 aliphatic heterocycles. The number of hydrogen-bond acceptors (Lipinski definition) is 4. The average Bonchev–Trinajstić information content (AvgIpc) is 2.53. The number of likely N-dealkylation sites (tertiary alicyclic amines) is 1. The van der Waals surface area contributed by atoms with Crippen LogP contribution in [0, 0.1) is 11.8 Å². The summed E-state index contributed by atoms with van der Waals surface area (Å²) < 4.78 is 5.15. The van der Waals surface area contributed by atoms with Gasteiger partial charge in [0.25, 0.3) is 0 Å². The highest BCUT2D eigenvalue weighted by molar-refractivity contribution is 6.07. The molecule has 0 saturated carbocycles. The maximum absolute atomic E-state index is 12.1. The summed E-state index contributed by atoms with van der Waals surface area (Å²) in [7, 11) is 0. The third kappa shape index (κ3) is 2.85. The maximum atomic E-state index is 12.1. The predicted octanol–water partition coefficient (Wildman–Crippen LogP) is 1.28. The zero-order valence-corrected chi connectivity index (χ0v) is 11.5. The Morgan fingerprint density at radius 3 is 2.11 bits per heavy atom. The molecule has 0 aromatic rings. The minimum atomic E-state index is -0.614. The molecule has 19 heavy (non-hydrogen) atoms. The Kier molecular flexibility index (Phi) is 3.47. The molecule has 2 atom stereocenters. The van der Waals surface area contributed by atoms with Crippen molar-refractivity contribution in [3.8, 4) is 0 Å². The quantitative estimate of drug-likeness (QED) is 0.428. The van der Waals surface area contributed by atoms with E-state index in [4.69, 9.17) is 4.74 Å². The van der Waals surface area contributed by atoms with Crippen LogP contribution in [0.5, 0.6) is 0 Å². The van der Waals surface area contributed by atoms with E-state index >= 15 is 0 Å². The molecular weight excluding hydrogens is 246 g/mol. The third-order valence-corrected chi connectivity index (χ3v) is 3.31. The molecule has 0 radical (unpaired) electrons. The Bertz CT molecular complexity index is 421. The first-order valence-corrected chi connectivity index (χ1v) is 6.51. The van der Waals surface area contributed by atoms with Gasteiger partial charge in [0, 0.05) is 0 Å². The summed E-state index contributed by atoms with van der Waals surface area (Å²) in [6, 6.07) is 0. The van der Waals surface area contributed by atoms with Crippen molar-refractivity contribution in [1.82, 2.24) is 4.90 Å². The van der Waals surface area contributed by atoms with Crippen molar-refractivity contribution in [2.24, 2.45) is 11.8 Å². The number of imide groups is 1. The van der Waals surface area contributed by atoms with E-state index in [0.717, 1.165) is 4.90 Å². The van der Waals surface area contributed by atoms with Crippen LogP contribution in [0.15, 0.2) is 12.2 Å². The van der Waals surface area contributed by atoms with Crippen LogP contribution in [0.25, 0.3) is 0 Å². The van der Waals surface area contributed by atoms with Crippen LogP contribution in [-0.2, 0) is 19.1 Å². The number of carbonyl (C=O) groups is 3. The van der Waals surface area contributed by atoms with Gasteiger partial charge in [0.1, 0.15) is 12.1 Å². The van der Waals surface area contributed by atoms with E-state index in [1.54, 1.807) is 20.8 Å². The highest BCUT2D eigenvalue weighted by Gasteiger charge is 2.47. The molecule has 104 valence electrons. The van der Waals surface area contributed by atoms with Crippen LogP contribution >= 0.6 is 0 Å². The molecule has 0 N–H and O–H groups in total. The Balaban J connectivity index is 2.04. The normalized spacial score (nSPS) is 26.6. The molecular formula is C14H19NO4. The lowest BCUT2D eigenvalue weighted by Crippen LogP contribution is -2.39. The Morgan fingerprint density at radius 1 is 1.21 bits per heavy atom. The zero-order valence-electron chi connectivity index (χ0n) is 11.5. The highest BCUT2D eigenvalue weighted by atomic mass is 16.6. The molecule has 0 aromatic heterocycles. The fourth-order valence-corrected chi connectivity index (χ4v) is 2.53.